The second-order valence-corrected chi connectivity index (χ2v) is 6.41. The van der Waals surface area contributed by atoms with Crippen molar-refractivity contribution in [3.05, 3.63) is 70.2 Å². The molecule has 0 aliphatic carbocycles. The zero-order valence-corrected chi connectivity index (χ0v) is 15.1. The maximum absolute atomic E-state index is 12.0. The summed E-state index contributed by atoms with van der Waals surface area (Å²) in [6.07, 6.45) is 0. The maximum atomic E-state index is 12.0. The minimum absolute atomic E-state index is 0.0821. The molecule has 132 valence electrons. The molecule has 0 spiro atoms. The third-order valence-corrected chi connectivity index (χ3v) is 3.81. The number of carbonyl (C=O) groups excluding carboxylic acids is 2. The summed E-state index contributed by atoms with van der Waals surface area (Å²) in [5.74, 6) is -0.569. The Labute approximate surface area is 153 Å². The molecule has 6 heteroatoms. The Morgan fingerprint density at radius 2 is 1.72 bits per heavy atom. The van der Waals surface area contributed by atoms with Gasteiger partial charge in [0.15, 0.2) is 0 Å². The molecule has 5 nitrogen and oxygen atoms in total. The van der Waals surface area contributed by atoms with Crippen molar-refractivity contribution in [3.8, 4) is 0 Å². The van der Waals surface area contributed by atoms with Gasteiger partial charge in [-0.1, -0.05) is 41.9 Å². The van der Waals surface area contributed by atoms with E-state index in [1.54, 1.807) is 24.3 Å². The molecule has 2 rings (SSSR count). The zero-order valence-electron chi connectivity index (χ0n) is 14.4. The van der Waals surface area contributed by atoms with Gasteiger partial charge >= 0.3 is 0 Å². The van der Waals surface area contributed by atoms with Crippen molar-refractivity contribution in [2.75, 3.05) is 20.6 Å². The topological polar surface area (TPSA) is 61.4 Å². The SMILES string of the molecule is CN(C)Cc1ccccc1CNC(=O)CNC(=O)c1cccc(Cl)c1. The quantitative estimate of drug-likeness (QED) is 0.798. The number of hydrogen-bond donors (Lipinski definition) is 2. The normalized spacial score (nSPS) is 10.6. The number of nitrogens with one attached hydrogen (secondary N) is 2. The van der Waals surface area contributed by atoms with E-state index in [0.717, 1.165) is 17.7 Å². The monoisotopic (exact) mass is 359 g/mol. The van der Waals surface area contributed by atoms with Gasteiger partial charge in [-0.3, -0.25) is 9.59 Å². The second-order valence-electron chi connectivity index (χ2n) is 5.98. The molecule has 0 saturated carbocycles. The van der Waals surface area contributed by atoms with Crippen LogP contribution in [0.1, 0.15) is 21.5 Å². The first-order valence-corrected chi connectivity index (χ1v) is 8.35. The molecular weight excluding hydrogens is 338 g/mol. The van der Waals surface area contributed by atoms with Crippen molar-refractivity contribution in [1.82, 2.24) is 15.5 Å². The average Bonchev–Trinajstić information content (AvgIpc) is 2.58. The van der Waals surface area contributed by atoms with Crippen LogP contribution in [0.3, 0.4) is 0 Å². The lowest BCUT2D eigenvalue weighted by molar-refractivity contribution is -0.120. The van der Waals surface area contributed by atoms with Crippen LogP contribution in [0.15, 0.2) is 48.5 Å². The van der Waals surface area contributed by atoms with Gasteiger partial charge in [0, 0.05) is 23.7 Å². The van der Waals surface area contributed by atoms with Gasteiger partial charge in [0.1, 0.15) is 0 Å². The van der Waals surface area contributed by atoms with E-state index in [4.69, 9.17) is 11.6 Å². The Morgan fingerprint density at radius 1 is 1.00 bits per heavy atom. The number of hydrogen-bond acceptors (Lipinski definition) is 3. The maximum Gasteiger partial charge on any atom is 0.251 e. The summed E-state index contributed by atoms with van der Waals surface area (Å²) in [5, 5.41) is 5.90. The minimum Gasteiger partial charge on any atom is -0.350 e. The highest BCUT2D eigenvalue weighted by Gasteiger charge is 2.09. The lowest BCUT2D eigenvalue weighted by atomic mass is 10.1. The molecule has 0 aliphatic heterocycles. The summed E-state index contributed by atoms with van der Waals surface area (Å²) in [6.45, 7) is 1.15. The molecule has 0 unspecified atom stereocenters. The Morgan fingerprint density at radius 3 is 2.40 bits per heavy atom. The molecule has 25 heavy (non-hydrogen) atoms. The largest absolute Gasteiger partial charge is 0.350 e. The summed E-state index contributed by atoms with van der Waals surface area (Å²) in [6, 6.07) is 14.6. The first-order valence-electron chi connectivity index (χ1n) is 7.97. The number of halogens is 1. The molecular formula is C19H22ClN3O2. The molecule has 0 aliphatic rings. The zero-order chi connectivity index (χ0) is 18.2. The van der Waals surface area contributed by atoms with Crippen LogP contribution in [0, 0.1) is 0 Å². The predicted octanol–water partition coefficient (Wildman–Crippen LogP) is 2.45. The van der Waals surface area contributed by atoms with Crippen molar-refractivity contribution < 1.29 is 9.59 Å². The molecule has 0 heterocycles. The van der Waals surface area contributed by atoms with Crippen LogP contribution in [0.2, 0.25) is 5.02 Å². The van der Waals surface area contributed by atoms with Crippen LogP contribution in [0.25, 0.3) is 0 Å². The fraction of sp³-hybridized carbons (Fsp3) is 0.263. The van der Waals surface area contributed by atoms with Crippen molar-refractivity contribution in [3.63, 3.8) is 0 Å². The number of nitrogens with zero attached hydrogens (tertiary/aromatic N) is 1. The summed E-state index contributed by atoms with van der Waals surface area (Å²) in [5.41, 5.74) is 2.65. The van der Waals surface area contributed by atoms with E-state index >= 15 is 0 Å². The van der Waals surface area contributed by atoms with Crippen molar-refractivity contribution in [2.45, 2.75) is 13.1 Å². The third-order valence-electron chi connectivity index (χ3n) is 3.58. The van der Waals surface area contributed by atoms with Crippen molar-refractivity contribution in [2.24, 2.45) is 0 Å². The third kappa shape index (κ3) is 6.21. The van der Waals surface area contributed by atoms with E-state index in [2.05, 4.69) is 15.5 Å². The lowest BCUT2D eigenvalue weighted by Gasteiger charge is -2.14. The summed E-state index contributed by atoms with van der Waals surface area (Å²) in [7, 11) is 4.00. The molecule has 2 aromatic carbocycles. The molecule has 0 saturated heterocycles. The number of rotatable bonds is 7. The van der Waals surface area contributed by atoms with Gasteiger partial charge in [-0.2, -0.15) is 0 Å². The molecule has 0 aromatic heterocycles. The fourth-order valence-corrected chi connectivity index (χ4v) is 2.56. The number of carbonyl (C=O) groups is 2. The molecule has 0 fully saturated rings. The van der Waals surface area contributed by atoms with E-state index < -0.39 is 0 Å². The van der Waals surface area contributed by atoms with Gasteiger partial charge < -0.3 is 15.5 Å². The predicted molar refractivity (Wildman–Crippen MR) is 99.5 cm³/mol. The van der Waals surface area contributed by atoms with Crippen LogP contribution in [0.4, 0.5) is 0 Å². The Hall–Kier alpha value is -2.37. The van der Waals surface area contributed by atoms with Gasteiger partial charge in [-0.05, 0) is 43.4 Å². The highest BCUT2D eigenvalue weighted by Crippen LogP contribution is 2.11. The van der Waals surface area contributed by atoms with Crippen LogP contribution in [0.5, 0.6) is 0 Å². The van der Waals surface area contributed by atoms with Gasteiger partial charge in [-0.15, -0.1) is 0 Å². The van der Waals surface area contributed by atoms with E-state index in [1.807, 2.05) is 38.4 Å². The van der Waals surface area contributed by atoms with E-state index in [9.17, 15) is 9.59 Å². The smallest absolute Gasteiger partial charge is 0.251 e. The molecule has 2 N–H and O–H groups in total. The van der Waals surface area contributed by atoms with E-state index in [0.29, 0.717) is 17.1 Å². The molecule has 0 bridgehead atoms. The highest BCUT2D eigenvalue weighted by molar-refractivity contribution is 6.30. The Bertz CT molecular complexity index is 747. The molecule has 0 radical (unpaired) electrons. The van der Waals surface area contributed by atoms with E-state index in [1.165, 1.54) is 0 Å². The van der Waals surface area contributed by atoms with Gasteiger partial charge in [0.25, 0.3) is 5.91 Å². The highest BCUT2D eigenvalue weighted by atomic mass is 35.5. The summed E-state index contributed by atoms with van der Waals surface area (Å²) in [4.78, 5) is 26.1. The minimum atomic E-state index is -0.328. The lowest BCUT2D eigenvalue weighted by Crippen LogP contribution is -2.36. The fourth-order valence-electron chi connectivity index (χ4n) is 2.37. The van der Waals surface area contributed by atoms with Gasteiger partial charge in [0.05, 0.1) is 6.54 Å². The van der Waals surface area contributed by atoms with Crippen LogP contribution in [-0.4, -0.2) is 37.4 Å². The second kappa shape index (κ2) is 9.20. The van der Waals surface area contributed by atoms with Crippen LogP contribution >= 0.6 is 11.6 Å². The van der Waals surface area contributed by atoms with E-state index in [-0.39, 0.29) is 18.4 Å². The molecule has 2 amide bonds. The standard InChI is InChI=1S/C19H22ClN3O2/c1-23(2)13-16-7-4-3-6-15(16)11-21-18(24)12-22-19(25)14-8-5-9-17(20)10-14/h3-10H,11-13H2,1-2H3,(H,21,24)(H,22,25). The first kappa shape index (κ1) is 19.0. The Balaban J connectivity index is 1.84. The van der Waals surface area contributed by atoms with Gasteiger partial charge in [0.2, 0.25) is 5.91 Å². The van der Waals surface area contributed by atoms with Gasteiger partial charge in [-0.25, -0.2) is 0 Å². The van der Waals surface area contributed by atoms with Crippen molar-refractivity contribution >= 4 is 23.4 Å². The van der Waals surface area contributed by atoms with Crippen LogP contribution in [-0.2, 0) is 17.9 Å². The van der Waals surface area contributed by atoms with Crippen LogP contribution < -0.4 is 10.6 Å². The summed E-state index contributed by atoms with van der Waals surface area (Å²) < 4.78 is 0. The average molecular weight is 360 g/mol. The molecule has 2 aromatic rings. The number of amides is 2. The molecule has 0 atom stereocenters. The first-order chi connectivity index (χ1) is 12.0. The Kier molecular flexibility index (Phi) is 6.98. The van der Waals surface area contributed by atoms with Crippen molar-refractivity contribution in [1.29, 1.82) is 0 Å². The number of benzene rings is 2. The summed E-state index contributed by atoms with van der Waals surface area (Å²) >= 11 is 5.86.